The van der Waals surface area contributed by atoms with E-state index in [2.05, 4.69) is 0 Å². The number of benzene rings is 3. The van der Waals surface area contributed by atoms with E-state index < -0.39 is 17.7 Å². The Bertz CT molecular complexity index is 1360. The van der Waals surface area contributed by atoms with E-state index in [1.165, 1.54) is 12.0 Å². The highest BCUT2D eigenvalue weighted by molar-refractivity contribution is 6.51. The number of hydrogen-bond acceptors (Lipinski definition) is 5. The third kappa shape index (κ3) is 4.26. The first-order valence-corrected chi connectivity index (χ1v) is 11.4. The van der Waals surface area contributed by atoms with Crippen LogP contribution in [0.2, 0.25) is 5.02 Å². The van der Waals surface area contributed by atoms with E-state index in [1.807, 2.05) is 32.9 Å². The lowest BCUT2D eigenvalue weighted by Crippen LogP contribution is -2.29. The molecule has 1 unspecified atom stereocenters. The predicted molar refractivity (Wildman–Crippen MR) is 136 cm³/mol. The van der Waals surface area contributed by atoms with Crippen molar-refractivity contribution in [2.75, 3.05) is 19.1 Å². The van der Waals surface area contributed by atoms with Crippen molar-refractivity contribution in [2.24, 2.45) is 0 Å². The predicted octanol–water partition coefficient (Wildman–Crippen LogP) is 5.91. The molecule has 3 aromatic carbocycles. The molecule has 6 nitrogen and oxygen atoms in total. The van der Waals surface area contributed by atoms with E-state index in [-0.39, 0.29) is 22.6 Å². The van der Waals surface area contributed by atoms with E-state index >= 15 is 0 Å². The van der Waals surface area contributed by atoms with Crippen LogP contribution in [0.25, 0.3) is 5.76 Å². The number of aryl methyl sites for hydroxylation is 3. The molecule has 1 atom stereocenters. The maximum absolute atomic E-state index is 13.4. The van der Waals surface area contributed by atoms with Crippen LogP contribution >= 0.6 is 11.6 Å². The Morgan fingerprint density at radius 1 is 0.914 bits per heavy atom. The van der Waals surface area contributed by atoms with E-state index in [1.54, 1.807) is 49.6 Å². The van der Waals surface area contributed by atoms with Gasteiger partial charge >= 0.3 is 0 Å². The Labute approximate surface area is 209 Å². The molecule has 0 aromatic heterocycles. The van der Waals surface area contributed by atoms with Crippen molar-refractivity contribution in [3.05, 3.63) is 93.0 Å². The van der Waals surface area contributed by atoms with Crippen LogP contribution in [0.4, 0.5) is 5.69 Å². The lowest BCUT2D eigenvalue weighted by molar-refractivity contribution is -0.132. The molecule has 1 aliphatic rings. The number of methoxy groups -OCH3 is 2. The third-order valence-electron chi connectivity index (χ3n) is 6.29. The molecule has 1 fully saturated rings. The van der Waals surface area contributed by atoms with Crippen LogP contribution in [0, 0.1) is 20.8 Å². The number of aliphatic hydroxyl groups is 1. The van der Waals surface area contributed by atoms with Crippen LogP contribution in [0.15, 0.2) is 60.2 Å². The van der Waals surface area contributed by atoms with Crippen LogP contribution < -0.4 is 14.4 Å². The van der Waals surface area contributed by atoms with Gasteiger partial charge in [-0.15, -0.1) is 0 Å². The Morgan fingerprint density at radius 3 is 2.20 bits per heavy atom. The molecule has 0 spiro atoms. The molecule has 1 amide bonds. The van der Waals surface area contributed by atoms with Gasteiger partial charge in [0.1, 0.15) is 17.3 Å². The molecule has 4 rings (SSSR count). The van der Waals surface area contributed by atoms with Gasteiger partial charge in [-0.05, 0) is 79.4 Å². The molecule has 3 aromatic rings. The first-order valence-electron chi connectivity index (χ1n) is 11.0. The summed E-state index contributed by atoms with van der Waals surface area (Å²) in [6, 6.07) is 15.1. The third-order valence-corrected chi connectivity index (χ3v) is 6.57. The molecule has 0 bridgehead atoms. The number of Topliss-reactive ketones (excluding diaryl/α,β-unsaturated/α-hetero) is 1. The first kappa shape index (κ1) is 24.4. The average Bonchev–Trinajstić information content (AvgIpc) is 3.10. The minimum Gasteiger partial charge on any atom is -0.507 e. The van der Waals surface area contributed by atoms with Crippen LogP contribution in [-0.4, -0.2) is 31.0 Å². The fourth-order valence-electron chi connectivity index (χ4n) is 4.33. The fraction of sp³-hybridized carbons (Fsp3) is 0.214. The second-order valence-electron chi connectivity index (χ2n) is 8.54. The highest BCUT2D eigenvalue weighted by Crippen LogP contribution is 2.45. The molecule has 1 heterocycles. The standard InChI is InChI=1S/C28H26ClNO5/c1-15-12-21(27(35-5)22(29)13-15)25(31)23-24(18-7-10-20(34-4)11-8-18)30(28(33)26(23)32)19-9-6-16(2)17(3)14-19/h6-14,24,31H,1-5H3/b25-23+. The number of ketones is 1. The zero-order chi connectivity index (χ0) is 25.4. The van der Waals surface area contributed by atoms with Crippen LogP contribution in [0.1, 0.15) is 33.9 Å². The smallest absolute Gasteiger partial charge is 0.300 e. The summed E-state index contributed by atoms with van der Waals surface area (Å²) in [6.07, 6.45) is 0. The van der Waals surface area contributed by atoms with E-state index in [9.17, 15) is 14.7 Å². The van der Waals surface area contributed by atoms with Crippen molar-refractivity contribution in [3.63, 3.8) is 0 Å². The van der Waals surface area contributed by atoms with Gasteiger partial charge in [-0.1, -0.05) is 29.8 Å². The number of ether oxygens (including phenoxy) is 2. The van der Waals surface area contributed by atoms with Crippen LogP contribution in [-0.2, 0) is 9.59 Å². The summed E-state index contributed by atoms with van der Waals surface area (Å²) in [6.45, 7) is 5.73. The fourth-order valence-corrected chi connectivity index (χ4v) is 4.68. The van der Waals surface area contributed by atoms with Crippen LogP contribution in [0.5, 0.6) is 11.5 Å². The minimum absolute atomic E-state index is 0.0432. The molecule has 180 valence electrons. The summed E-state index contributed by atoms with van der Waals surface area (Å²) in [5.74, 6) is -1.02. The lowest BCUT2D eigenvalue weighted by Gasteiger charge is -2.26. The SMILES string of the molecule is COc1ccc(C2/C(=C(\O)c3cc(C)cc(Cl)c3OC)C(=O)C(=O)N2c2ccc(C)c(C)c2)cc1. The number of halogens is 1. The Balaban J connectivity index is 2.00. The van der Waals surface area contributed by atoms with E-state index in [0.717, 1.165) is 16.7 Å². The van der Waals surface area contributed by atoms with Gasteiger partial charge in [-0.3, -0.25) is 14.5 Å². The molecular weight excluding hydrogens is 466 g/mol. The summed E-state index contributed by atoms with van der Waals surface area (Å²) in [5.41, 5.74) is 4.21. The van der Waals surface area contributed by atoms with Gasteiger partial charge < -0.3 is 14.6 Å². The van der Waals surface area contributed by atoms with Gasteiger partial charge in [-0.2, -0.15) is 0 Å². The van der Waals surface area contributed by atoms with Gasteiger partial charge in [0.25, 0.3) is 11.7 Å². The van der Waals surface area contributed by atoms with Crippen molar-refractivity contribution in [3.8, 4) is 11.5 Å². The molecule has 1 aliphatic heterocycles. The average molecular weight is 492 g/mol. The highest BCUT2D eigenvalue weighted by Gasteiger charge is 2.47. The van der Waals surface area contributed by atoms with Crippen LogP contribution in [0.3, 0.4) is 0 Å². The van der Waals surface area contributed by atoms with Crippen molar-refractivity contribution in [1.82, 2.24) is 0 Å². The first-order chi connectivity index (χ1) is 16.7. The number of amides is 1. The highest BCUT2D eigenvalue weighted by atomic mass is 35.5. The van der Waals surface area contributed by atoms with Gasteiger partial charge in [0.05, 0.1) is 36.4 Å². The molecular formula is C28H26ClNO5. The Morgan fingerprint density at radius 2 is 1.60 bits per heavy atom. The quantitative estimate of drug-likeness (QED) is 0.273. The number of carbonyl (C=O) groups is 2. The Hall–Kier alpha value is -3.77. The van der Waals surface area contributed by atoms with Crippen molar-refractivity contribution >= 4 is 34.7 Å². The molecule has 7 heteroatoms. The molecule has 1 saturated heterocycles. The van der Waals surface area contributed by atoms with Gasteiger partial charge in [0.15, 0.2) is 0 Å². The van der Waals surface area contributed by atoms with Gasteiger partial charge in [-0.25, -0.2) is 0 Å². The number of nitrogens with zero attached hydrogens (tertiary/aromatic N) is 1. The summed E-state index contributed by atoms with van der Waals surface area (Å²) in [4.78, 5) is 28.2. The summed E-state index contributed by atoms with van der Waals surface area (Å²) < 4.78 is 10.7. The van der Waals surface area contributed by atoms with Crippen molar-refractivity contribution < 1.29 is 24.2 Å². The largest absolute Gasteiger partial charge is 0.507 e. The minimum atomic E-state index is -0.869. The molecule has 1 N–H and O–H groups in total. The van der Waals surface area contributed by atoms with E-state index in [4.69, 9.17) is 21.1 Å². The molecule has 0 aliphatic carbocycles. The zero-order valence-corrected chi connectivity index (χ0v) is 20.9. The summed E-state index contributed by atoms with van der Waals surface area (Å²) in [7, 11) is 2.99. The number of aliphatic hydroxyl groups excluding tert-OH is 1. The summed E-state index contributed by atoms with van der Waals surface area (Å²) >= 11 is 6.36. The Kier molecular flexibility index (Phi) is 6.59. The van der Waals surface area contributed by atoms with E-state index in [0.29, 0.717) is 22.0 Å². The molecule has 0 saturated carbocycles. The number of hydrogen-bond donors (Lipinski definition) is 1. The maximum atomic E-state index is 13.4. The number of anilines is 1. The van der Waals surface area contributed by atoms with Crippen molar-refractivity contribution in [2.45, 2.75) is 26.8 Å². The molecule has 0 radical (unpaired) electrons. The topological polar surface area (TPSA) is 76.1 Å². The van der Waals surface area contributed by atoms with Gasteiger partial charge in [0, 0.05) is 5.69 Å². The lowest BCUT2D eigenvalue weighted by atomic mass is 9.94. The maximum Gasteiger partial charge on any atom is 0.300 e. The number of rotatable bonds is 5. The normalized spacial score (nSPS) is 17.1. The monoisotopic (exact) mass is 491 g/mol. The van der Waals surface area contributed by atoms with Crippen molar-refractivity contribution in [1.29, 1.82) is 0 Å². The summed E-state index contributed by atoms with van der Waals surface area (Å²) in [5, 5.41) is 11.8. The molecule has 35 heavy (non-hydrogen) atoms. The second-order valence-corrected chi connectivity index (χ2v) is 8.95. The number of carbonyl (C=O) groups excluding carboxylic acids is 2. The second kappa shape index (κ2) is 9.47. The van der Waals surface area contributed by atoms with Gasteiger partial charge in [0.2, 0.25) is 0 Å². The zero-order valence-electron chi connectivity index (χ0n) is 20.2.